The van der Waals surface area contributed by atoms with Crippen molar-refractivity contribution in [2.75, 3.05) is 42.2 Å². The van der Waals surface area contributed by atoms with Crippen LogP contribution in [0.3, 0.4) is 0 Å². The second-order valence-electron chi connectivity index (χ2n) is 6.32. The summed E-state index contributed by atoms with van der Waals surface area (Å²) in [4.78, 5) is 24.6. The van der Waals surface area contributed by atoms with Crippen molar-refractivity contribution >= 4 is 33.3 Å². The molecule has 1 N–H and O–H groups in total. The standard InChI is InChI=1S/C20H22N2O7S/c1-3-30(25,26)22(14-8-9-17-18(12-14)29-11-10-28-17)13-19(23)21-16-7-5-4-6-15(16)20(24)27-2/h4-9,12H,3,10-11,13H2,1-2H3,(H,21,23). The molecular formula is C20H22N2O7S. The minimum atomic E-state index is -3.77. The third-order valence-corrected chi connectivity index (χ3v) is 6.15. The Morgan fingerprint density at radius 1 is 1.10 bits per heavy atom. The smallest absolute Gasteiger partial charge is 0.339 e. The predicted octanol–water partition coefficient (Wildman–Crippen LogP) is 2.04. The van der Waals surface area contributed by atoms with Crippen LogP contribution in [0.1, 0.15) is 17.3 Å². The third kappa shape index (κ3) is 4.65. The normalized spacial score (nSPS) is 12.7. The van der Waals surface area contributed by atoms with Gasteiger partial charge in [0.05, 0.1) is 29.8 Å². The molecule has 0 atom stereocenters. The van der Waals surface area contributed by atoms with Crippen LogP contribution in [0, 0.1) is 0 Å². The molecule has 1 heterocycles. The van der Waals surface area contributed by atoms with Gasteiger partial charge >= 0.3 is 5.97 Å². The molecule has 10 heteroatoms. The second-order valence-corrected chi connectivity index (χ2v) is 8.50. The summed E-state index contributed by atoms with van der Waals surface area (Å²) in [7, 11) is -2.54. The lowest BCUT2D eigenvalue weighted by Gasteiger charge is -2.25. The van der Waals surface area contributed by atoms with E-state index in [1.807, 2.05) is 0 Å². The molecule has 160 valence electrons. The number of amides is 1. The molecule has 0 unspecified atom stereocenters. The number of methoxy groups -OCH3 is 1. The van der Waals surface area contributed by atoms with Gasteiger partial charge in [0.15, 0.2) is 11.5 Å². The number of rotatable bonds is 7. The van der Waals surface area contributed by atoms with Gasteiger partial charge in [-0.2, -0.15) is 0 Å². The van der Waals surface area contributed by atoms with Crippen LogP contribution in [0.15, 0.2) is 42.5 Å². The van der Waals surface area contributed by atoms with Crippen LogP contribution in [0.5, 0.6) is 11.5 Å². The molecule has 30 heavy (non-hydrogen) atoms. The Morgan fingerprint density at radius 3 is 2.50 bits per heavy atom. The fourth-order valence-electron chi connectivity index (χ4n) is 2.89. The highest BCUT2D eigenvalue weighted by atomic mass is 32.2. The van der Waals surface area contributed by atoms with E-state index >= 15 is 0 Å². The van der Waals surface area contributed by atoms with Gasteiger partial charge in [-0.25, -0.2) is 13.2 Å². The van der Waals surface area contributed by atoms with E-state index < -0.39 is 28.4 Å². The maximum absolute atomic E-state index is 12.7. The summed E-state index contributed by atoms with van der Waals surface area (Å²) in [6, 6.07) is 11.0. The Morgan fingerprint density at radius 2 is 1.80 bits per heavy atom. The van der Waals surface area contributed by atoms with Crippen molar-refractivity contribution in [3.8, 4) is 11.5 Å². The summed E-state index contributed by atoms with van der Waals surface area (Å²) < 4.78 is 42.0. The number of nitrogens with zero attached hydrogens (tertiary/aromatic N) is 1. The van der Waals surface area contributed by atoms with Crippen LogP contribution in [-0.2, 0) is 19.6 Å². The first-order valence-electron chi connectivity index (χ1n) is 9.23. The summed E-state index contributed by atoms with van der Waals surface area (Å²) in [5, 5.41) is 2.58. The molecular weight excluding hydrogens is 412 g/mol. The lowest BCUT2D eigenvalue weighted by molar-refractivity contribution is -0.114. The Hall–Kier alpha value is -3.27. The van der Waals surface area contributed by atoms with E-state index in [0.29, 0.717) is 24.7 Å². The quantitative estimate of drug-likeness (QED) is 0.664. The molecule has 1 aliphatic rings. The van der Waals surface area contributed by atoms with Crippen molar-refractivity contribution in [1.82, 2.24) is 0 Å². The molecule has 0 radical (unpaired) electrons. The van der Waals surface area contributed by atoms with E-state index in [9.17, 15) is 18.0 Å². The molecule has 2 aromatic rings. The Bertz CT molecular complexity index is 1050. The number of sulfonamides is 1. The number of para-hydroxylation sites is 1. The van der Waals surface area contributed by atoms with Crippen LogP contribution in [-0.4, -0.2) is 52.9 Å². The first-order valence-corrected chi connectivity index (χ1v) is 10.8. The third-order valence-electron chi connectivity index (χ3n) is 4.41. The molecule has 0 spiro atoms. The van der Waals surface area contributed by atoms with Crippen LogP contribution < -0.4 is 19.1 Å². The molecule has 1 aliphatic heterocycles. The van der Waals surface area contributed by atoms with Crippen molar-refractivity contribution in [3.63, 3.8) is 0 Å². The summed E-state index contributed by atoms with van der Waals surface area (Å²) >= 11 is 0. The number of hydrogen-bond acceptors (Lipinski definition) is 7. The predicted molar refractivity (Wildman–Crippen MR) is 111 cm³/mol. The molecule has 2 aromatic carbocycles. The average molecular weight is 434 g/mol. The van der Waals surface area contributed by atoms with E-state index in [0.717, 1.165) is 4.31 Å². The number of fused-ring (bicyclic) bond motifs is 1. The highest BCUT2D eigenvalue weighted by molar-refractivity contribution is 7.92. The Labute approximate surface area is 174 Å². The van der Waals surface area contributed by atoms with Crippen LogP contribution in [0.2, 0.25) is 0 Å². The number of carbonyl (C=O) groups excluding carboxylic acids is 2. The topological polar surface area (TPSA) is 111 Å². The minimum Gasteiger partial charge on any atom is -0.486 e. The van der Waals surface area contributed by atoms with E-state index in [2.05, 4.69) is 5.32 Å². The van der Waals surface area contributed by atoms with Crippen LogP contribution >= 0.6 is 0 Å². The largest absolute Gasteiger partial charge is 0.486 e. The lowest BCUT2D eigenvalue weighted by atomic mass is 10.2. The van der Waals surface area contributed by atoms with Crippen molar-refractivity contribution in [2.45, 2.75) is 6.92 Å². The van der Waals surface area contributed by atoms with Gasteiger partial charge in [0.1, 0.15) is 19.8 Å². The molecule has 3 rings (SSSR count). The van der Waals surface area contributed by atoms with Crippen LogP contribution in [0.4, 0.5) is 11.4 Å². The maximum Gasteiger partial charge on any atom is 0.339 e. The molecule has 0 aromatic heterocycles. The summed E-state index contributed by atoms with van der Waals surface area (Å²) in [5.41, 5.74) is 0.667. The van der Waals surface area contributed by atoms with Gasteiger partial charge in [-0.3, -0.25) is 9.10 Å². The van der Waals surface area contributed by atoms with E-state index in [-0.39, 0.29) is 22.7 Å². The SMILES string of the molecule is CCS(=O)(=O)N(CC(=O)Nc1ccccc1C(=O)OC)c1ccc2c(c1)OCCO2. The van der Waals surface area contributed by atoms with E-state index in [1.54, 1.807) is 24.3 Å². The summed E-state index contributed by atoms with van der Waals surface area (Å²) in [6.07, 6.45) is 0. The van der Waals surface area contributed by atoms with Crippen LogP contribution in [0.25, 0.3) is 0 Å². The van der Waals surface area contributed by atoms with Gasteiger partial charge in [-0.1, -0.05) is 12.1 Å². The molecule has 0 fully saturated rings. The maximum atomic E-state index is 12.7. The first-order chi connectivity index (χ1) is 14.4. The molecule has 0 saturated carbocycles. The summed E-state index contributed by atoms with van der Waals surface area (Å²) in [5.74, 6) is -0.510. The number of hydrogen-bond donors (Lipinski definition) is 1. The van der Waals surface area contributed by atoms with Gasteiger partial charge in [-0.05, 0) is 31.2 Å². The number of nitrogens with one attached hydrogen (secondary N) is 1. The summed E-state index contributed by atoms with van der Waals surface area (Å²) in [6.45, 7) is 1.77. The van der Waals surface area contributed by atoms with Crippen molar-refractivity contribution in [1.29, 1.82) is 0 Å². The number of ether oxygens (including phenoxy) is 3. The van der Waals surface area contributed by atoms with Crippen molar-refractivity contribution < 1.29 is 32.2 Å². The Balaban J connectivity index is 1.87. The van der Waals surface area contributed by atoms with Gasteiger partial charge in [0.2, 0.25) is 15.9 Å². The van der Waals surface area contributed by atoms with E-state index in [1.165, 1.54) is 32.2 Å². The van der Waals surface area contributed by atoms with Gasteiger partial charge < -0.3 is 19.5 Å². The number of anilines is 2. The molecule has 1 amide bonds. The zero-order chi connectivity index (χ0) is 21.7. The highest BCUT2D eigenvalue weighted by Gasteiger charge is 2.26. The molecule has 9 nitrogen and oxygen atoms in total. The fourth-order valence-corrected chi connectivity index (χ4v) is 3.95. The lowest BCUT2D eigenvalue weighted by Crippen LogP contribution is -2.39. The van der Waals surface area contributed by atoms with Crippen molar-refractivity contribution in [2.24, 2.45) is 0 Å². The van der Waals surface area contributed by atoms with Crippen molar-refractivity contribution in [3.05, 3.63) is 48.0 Å². The van der Waals surface area contributed by atoms with Gasteiger partial charge in [0, 0.05) is 6.07 Å². The molecule has 0 saturated heterocycles. The zero-order valence-corrected chi connectivity index (χ0v) is 17.4. The molecule has 0 aliphatic carbocycles. The first kappa shape index (κ1) is 21.4. The second kappa shape index (κ2) is 9.04. The van der Waals surface area contributed by atoms with Gasteiger partial charge in [-0.15, -0.1) is 0 Å². The number of benzene rings is 2. The van der Waals surface area contributed by atoms with E-state index in [4.69, 9.17) is 14.2 Å². The molecule has 0 bridgehead atoms. The number of carbonyl (C=O) groups is 2. The van der Waals surface area contributed by atoms with Gasteiger partial charge in [0.25, 0.3) is 0 Å². The number of esters is 1. The monoisotopic (exact) mass is 434 g/mol. The fraction of sp³-hybridized carbons (Fsp3) is 0.300. The minimum absolute atomic E-state index is 0.164. The zero-order valence-electron chi connectivity index (χ0n) is 16.6. The Kier molecular flexibility index (Phi) is 6.46. The highest BCUT2D eigenvalue weighted by Crippen LogP contribution is 2.34. The average Bonchev–Trinajstić information content (AvgIpc) is 2.77.